The molecule has 0 bridgehead atoms. The molecule has 48 heavy (non-hydrogen) atoms. The summed E-state index contributed by atoms with van der Waals surface area (Å²) in [5.41, 5.74) is 6.79. The van der Waals surface area contributed by atoms with E-state index in [1.165, 1.54) is 51.9 Å². The Balaban J connectivity index is 0.000000261. The van der Waals surface area contributed by atoms with Crippen LogP contribution in [0.15, 0.2) is 60.7 Å². The second-order valence-corrected chi connectivity index (χ2v) is 12.9. The third-order valence-electron chi connectivity index (χ3n) is 8.64. The van der Waals surface area contributed by atoms with Crippen molar-refractivity contribution in [3.8, 4) is 11.8 Å². The Bertz CT molecular complexity index is 1580. The Labute approximate surface area is 284 Å². The van der Waals surface area contributed by atoms with Gasteiger partial charge in [-0.2, -0.15) is 0 Å². The Kier molecular flexibility index (Phi) is 15.4. The number of pyridine rings is 2. The highest BCUT2D eigenvalue weighted by Crippen LogP contribution is 2.28. The van der Waals surface area contributed by atoms with Gasteiger partial charge in [0.15, 0.2) is 0 Å². The third kappa shape index (κ3) is 11.1. The molecule has 2 unspecified atom stereocenters. The second-order valence-electron chi connectivity index (χ2n) is 12.9. The number of rotatable bonds is 19. The van der Waals surface area contributed by atoms with Crippen LogP contribution in [0.3, 0.4) is 0 Å². The number of unbranched alkanes of at least 4 members (excludes halogenated alkanes) is 8. The lowest BCUT2D eigenvalue weighted by atomic mass is 9.92. The molecule has 0 saturated carbocycles. The molecule has 0 amide bonds. The zero-order valence-electron chi connectivity index (χ0n) is 29.1. The van der Waals surface area contributed by atoms with Crippen molar-refractivity contribution in [1.29, 1.82) is 0 Å². The molecule has 262 valence electrons. The lowest BCUT2D eigenvalue weighted by Gasteiger charge is -2.22. The minimum atomic E-state index is -1.51. The summed E-state index contributed by atoms with van der Waals surface area (Å²) < 4.78 is 11.4. The van der Waals surface area contributed by atoms with E-state index in [0.717, 1.165) is 46.6 Å². The first-order valence-electron chi connectivity index (χ1n) is 17.3. The van der Waals surface area contributed by atoms with Gasteiger partial charge in [-0.25, -0.2) is 9.97 Å². The van der Waals surface area contributed by atoms with E-state index in [1.807, 2.05) is 43.3 Å². The van der Waals surface area contributed by atoms with Crippen molar-refractivity contribution in [2.24, 2.45) is 5.73 Å². The highest BCUT2D eigenvalue weighted by Gasteiger charge is 2.38. The highest BCUT2D eigenvalue weighted by atomic mass is 16.6. The van der Waals surface area contributed by atoms with Crippen LogP contribution in [-0.2, 0) is 11.1 Å². The molecule has 2 atom stereocenters. The first-order chi connectivity index (χ1) is 23.1. The molecule has 0 fully saturated rings. The minimum Gasteiger partial charge on any atom is -0.478 e. The van der Waals surface area contributed by atoms with Crippen molar-refractivity contribution in [1.82, 2.24) is 9.97 Å². The van der Waals surface area contributed by atoms with Gasteiger partial charge in [0, 0.05) is 40.3 Å². The molecule has 0 aliphatic rings. The summed E-state index contributed by atoms with van der Waals surface area (Å²) in [6.45, 7) is 8.35. The molecule has 2 heterocycles. The number of aliphatic hydroxyl groups excluding tert-OH is 2. The molecule has 2 aromatic carbocycles. The van der Waals surface area contributed by atoms with Crippen LogP contribution in [0.5, 0.6) is 11.8 Å². The molecule has 10 nitrogen and oxygen atoms in total. The van der Waals surface area contributed by atoms with Gasteiger partial charge < -0.3 is 25.4 Å². The van der Waals surface area contributed by atoms with E-state index in [9.17, 15) is 20.3 Å². The number of nitrogens with zero attached hydrogens (tertiary/aromatic N) is 3. The Morgan fingerprint density at radius 1 is 0.688 bits per heavy atom. The standard InChI is InChI=1S/C19H26N2O4.C19H28N2O2/c1-3-4-5-6-7-12-25-18-11-8-15-13-16(9-10-17(15)20-18)19(2,14-22)21(23)24;1-3-4-5-6-7-12-23-18-11-8-15-13-16(19(2,20)14-22)9-10-17(15)21-18/h8-11,13,22H,3-7,12,14H2,1-2H3;8-11,13,22H,3-7,12,14,20H2,1-2H3. The lowest BCUT2D eigenvalue weighted by molar-refractivity contribution is -0.578. The number of fused-ring (bicyclic) bond motifs is 2. The second kappa shape index (κ2) is 19.2. The molecule has 2 aromatic heterocycles. The maximum absolute atomic E-state index is 11.3. The van der Waals surface area contributed by atoms with Crippen LogP contribution in [0, 0.1) is 10.1 Å². The Morgan fingerprint density at radius 2 is 1.15 bits per heavy atom. The van der Waals surface area contributed by atoms with Crippen molar-refractivity contribution in [2.75, 3.05) is 26.4 Å². The van der Waals surface area contributed by atoms with Crippen molar-refractivity contribution < 1.29 is 24.6 Å². The number of aliphatic hydroxyl groups is 2. The van der Waals surface area contributed by atoms with E-state index in [4.69, 9.17) is 15.2 Å². The van der Waals surface area contributed by atoms with Crippen LogP contribution < -0.4 is 15.2 Å². The predicted molar refractivity (Wildman–Crippen MR) is 192 cm³/mol. The summed E-state index contributed by atoms with van der Waals surface area (Å²) in [7, 11) is 0. The molecule has 4 aromatic rings. The van der Waals surface area contributed by atoms with Crippen molar-refractivity contribution in [2.45, 2.75) is 103 Å². The zero-order chi connectivity index (χ0) is 35.0. The van der Waals surface area contributed by atoms with Crippen molar-refractivity contribution in [3.63, 3.8) is 0 Å². The molecule has 4 rings (SSSR count). The average molecular weight is 663 g/mol. The molecule has 0 aliphatic heterocycles. The molecule has 10 heteroatoms. The van der Waals surface area contributed by atoms with Gasteiger partial charge >= 0.3 is 0 Å². The van der Waals surface area contributed by atoms with E-state index >= 15 is 0 Å². The zero-order valence-corrected chi connectivity index (χ0v) is 29.1. The monoisotopic (exact) mass is 662 g/mol. The summed E-state index contributed by atoms with van der Waals surface area (Å²) >= 11 is 0. The average Bonchev–Trinajstić information content (AvgIpc) is 3.10. The van der Waals surface area contributed by atoms with Crippen molar-refractivity contribution >= 4 is 21.8 Å². The van der Waals surface area contributed by atoms with E-state index in [1.54, 1.807) is 24.3 Å². The van der Waals surface area contributed by atoms with Gasteiger partial charge in [-0.15, -0.1) is 0 Å². The van der Waals surface area contributed by atoms with Gasteiger partial charge in [0.05, 0.1) is 36.4 Å². The van der Waals surface area contributed by atoms with Gasteiger partial charge in [-0.3, -0.25) is 10.1 Å². The number of benzene rings is 2. The van der Waals surface area contributed by atoms with E-state index in [-0.39, 0.29) is 6.61 Å². The van der Waals surface area contributed by atoms with Gasteiger partial charge in [0.25, 0.3) is 5.54 Å². The smallest absolute Gasteiger partial charge is 0.266 e. The fourth-order valence-corrected chi connectivity index (χ4v) is 5.18. The molecular weight excluding hydrogens is 608 g/mol. The lowest BCUT2D eigenvalue weighted by Crippen LogP contribution is -2.36. The molecule has 4 N–H and O–H groups in total. The molecule has 0 aliphatic carbocycles. The maximum Gasteiger partial charge on any atom is 0.266 e. The van der Waals surface area contributed by atoms with Gasteiger partial charge in [0.2, 0.25) is 11.8 Å². The van der Waals surface area contributed by atoms with Crippen LogP contribution >= 0.6 is 0 Å². The first-order valence-corrected chi connectivity index (χ1v) is 17.3. The summed E-state index contributed by atoms with van der Waals surface area (Å²) in [5.74, 6) is 1.23. The first kappa shape index (κ1) is 38.6. The summed E-state index contributed by atoms with van der Waals surface area (Å²) in [6.07, 6.45) is 12.0. The van der Waals surface area contributed by atoms with Crippen LogP contribution in [0.25, 0.3) is 21.8 Å². The number of hydrogen-bond acceptors (Lipinski definition) is 9. The summed E-state index contributed by atoms with van der Waals surface area (Å²) in [4.78, 5) is 19.8. The van der Waals surface area contributed by atoms with E-state index in [0.29, 0.717) is 30.5 Å². The van der Waals surface area contributed by atoms with Crippen LogP contribution in [0.4, 0.5) is 0 Å². The number of aromatic nitrogens is 2. The van der Waals surface area contributed by atoms with Crippen molar-refractivity contribution in [3.05, 3.63) is 81.9 Å². The van der Waals surface area contributed by atoms with Gasteiger partial charge in [-0.05, 0) is 67.8 Å². The molecule has 0 radical (unpaired) electrons. The van der Waals surface area contributed by atoms with Crippen LogP contribution in [-0.4, -0.2) is 51.5 Å². The van der Waals surface area contributed by atoms with Crippen LogP contribution in [0.1, 0.15) is 103 Å². The van der Waals surface area contributed by atoms with E-state index < -0.39 is 22.6 Å². The Morgan fingerprint density at radius 3 is 1.58 bits per heavy atom. The Hall–Kier alpha value is -3.86. The van der Waals surface area contributed by atoms with Crippen LogP contribution in [0.2, 0.25) is 0 Å². The molecule has 0 saturated heterocycles. The van der Waals surface area contributed by atoms with E-state index in [2.05, 4.69) is 23.8 Å². The third-order valence-corrected chi connectivity index (χ3v) is 8.64. The number of nitrogens with two attached hydrogens (primary N) is 1. The summed E-state index contributed by atoms with van der Waals surface area (Å²) in [5, 5.41) is 31.9. The summed E-state index contributed by atoms with van der Waals surface area (Å²) in [6, 6.07) is 18.4. The number of ether oxygens (including phenoxy) is 2. The number of nitro groups is 1. The number of hydrogen-bond donors (Lipinski definition) is 3. The largest absolute Gasteiger partial charge is 0.478 e. The molecule has 0 spiro atoms. The SMILES string of the molecule is CCCCCCCOc1ccc2cc(C(C)(CO)[N+](=O)[O-])ccc2n1.CCCCCCCOc1ccc2cc(C(C)(N)CO)ccc2n1. The quantitative estimate of drug-likeness (QED) is 0.0518. The highest BCUT2D eigenvalue weighted by molar-refractivity contribution is 5.81. The fourth-order valence-electron chi connectivity index (χ4n) is 5.18. The molecular formula is C38H54N4O6. The minimum absolute atomic E-state index is 0.0921. The topological polar surface area (TPSA) is 154 Å². The van der Waals surface area contributed by atoms with Gasteiger partial charge in [0.1, 0.15) is 6.61 Å². The van der Waals surface area contributed by atoms with Gasteiger partial charge in [-0.1, -0.05) is 71.3 Å². The normalized spacial score (nSPS) is 13.7. The maximum atomic E-state index is 11.3. The predicted octanol–water partition coefficient (Wildman–Crippen LogP) is 7.82. The fraction of sp³-hybridized carbons (Fsp3) is 0.526.